The first-order valence-electron chi connectivity index (χ1n) is 7.20. The van der Waals surface area contributed by atoms with E-state index in [2.05, 4.69) is 26.3 Å². The Kier molecular flexibility index (Phi) is 5.56. The van der Waals surface area contributed by atoms with Crippen LogP contribution in [0.15, 0.2) is 41.1 Å². The van der Waals surface area contributed by atoms with Gasteiger partial charge in [0.25, 0.3) is 0 Å². The molecular weight excluding hydrogens is 330 g/mol. The summed E-state index contributed by atoms with van der Waals surface area (Å²) in [5.74, 6) is 0.142. The fraction of sp³-hybridized carbons (Fsp3) is 0.375. The SMILES string of the molecule is CCC(CC)C(=O)Nc1cnn(Cc2ccc(Br)cc2)c1. The molecule has 0 unspecified atom stereocenters. The zero-order valence-electron chi connectivity index (χ0n) is 12.3. The van der Waals surface area contributed by atoms with Crippen LogP contribution in [-0.4, -0.2) is 15.7 Å². The van der Waals surface area contributed by atoms with E-state index < -0.39 is 0 Å². The van der Waals surface area contributed by atoms with Crippen molar-refractivity contribution in [3.05, 3.63) is 46.7 Å². The normalized spacial score (nSPS) is 10.9. The molecule has 0 spiro atoms. The lowest BCUT2D eigenvalue weighted by Crippen LogP contribution is -2.21. The second-order valence-corrected chi connectivity index (χ2v) is 5.97. The fourth-order valence-electron chi connectivity index (χ4n) is 2.20. The highest BCUT2D eigenvalue weighted by atomic mass is 79.9. The summed E-state index contributed by atoms with van der Waals surface area (Å²) in [6, 6.07) is 8.12. The molecular formula is C16H20BrN3O. The van der Waals surface area contributed by atoms with Crippen molar-refractivity contribution < 1.29 is 4.79 Å². The van der Waals surface area contributed by atoms with Crippen LogP contribution in [0, 0.1) is 5.92 Å². The molecule has 0 aliphatic carbocycles. The highest BCUT2D eigenvalue weighted by Crippen LogP contribution is 2.14. The minimum atomic E-state index is 0.0693. The Bertz CT molecular complexity index is 588. The van der Waals surface area contributed by atoms with Crippen molar-refractivity contribution in [3.63, 3.8) is 0 Å². The zero-order valence-corrected chi connectivity index (χ0v) is 13.9. The standard InChI is InChI=1S/C16H20BrN3O/c1-3-13(4-2)16(21)19-15-9-18-20(11-15)10-12-5-7-14(17)8-6-12/h5-9,11,13H,3-4,10H2,1-2H3,(H,19,21). The van der Waals surface area contributed by atoms with Gasteiger partial charge >= 0.3 is 0 Å². The van der Waals surface area contributed by atoms with Crippen LogP contribution in [0.25, 0.3) is 0 Å². The van der Waals surface area contributed by atoms with E-state index in [1.165, 1.54) is 5.56 Å². The van der Waals surface area contributed by atoms with E-state index >= 15 is 0 Å². The molecule has 0 fully saturated rings. The van der Waals surface area contributed by atoms with Gasteiger partial charge in [0, 0.05) is 16.6 Å². The summed E-state index contributed by atoms with van der Waals surface area (Å²) < 4.78 is 2.89. The van der Waals surface area contributed by atoms with E-state index in [1.807, 2.05) is 49.0 Å². The van der Waals surface area contributed by atoms with Gasteiger partial charge in [-0.05, 0) is 30.5 Å². The van der Waals surface area contributed by atoms with Crippen LogP contribution in [0.5, 0.6) is 0 Å². The molecule has 0 atom stereocenters. The van der Waals surface area contributed by atoms with Gasteiger partial charge in [0.15, 0.2) is 0 Å². The molecule has 1 heterocycles. The number of carbonyl (C=O) groups excluding carboxylic acids is 1. The maximum Gasteiger partial charge on any atom is 0.227 e. The zero-order chi connectivity index (χ0) is 15.2. The Hall–Kier alpha value is -1.62. The summed E-state index contributed by atoms with van der Waals surface area (Å²) in [6.07, 6.45) is 5.27. The number of rotatable bonds is 6. The Balaban J connectivity index is 1.98. The summed E-state index contributed by atoms with van der Waals surface area (Å²) in [4.78, 5) is 12.0. The largest absolute Gasteiger partial charge is 0.323 e. The monoisotopic (exact) mass is 349 g/mol. The van der Waals surface area contributed by atoms with Crippen LogP contribution < -0.4 is 5.32 Å². The molecule has 5 heteroatoms. The fourth-order valence-corrected chi connectivity index (χ4v) is 2.46. The van der Waals surface area contributed by atoms with Crippen LogP contribution in [0.1, 0.15) is 32.3 Å². The van der Waals surface area contributed by atoms with E-state index in [1.54, 1.807) is 6.20 Å². The van der Waals surface area contributed by atoms with Crippen molar-refractivity contribution in [2.45, 2.75) is 33.2 Å². The van der Waals surface area contributed by atoms with Crippen LogP contribution in [0.4, 0.5) is 5.69 Å². The molecule has 4 nitrogen and oxygen atoms in total. The van der Waals surface area contributed by atoms with Gasteiger partial charge in [0.05, 0.1) is 18.4 Å². The third kappa shape index (κ3) is 4.43. The number of halogens is 1. The molecule has 2 aromatic rings. The van der Waals surface area contributed by atoms with Crippen molar-refractivity contribution in [1.29, 1.82) is 0 Å². The van der Waals surface area contributed by atoms with Gasteiger partial charge in [-0.15, -0.1) is 0 Å². The minimum Gasteiger partial charge on any atom is -0.323 e. The maximum absolute atomic E-state index is 12.0. The molecule has 1 aromatic heterocycles. The molecule has 0 saturated heterocycles. The average Bonchev–Trinajstić information content (AvgIpc) is 2.90. The number of hydrogen-bond donors (Lipinski definition) is 1. The molecule has 1 N–H and O–H groups in total. The van der Waals surface area contributed by atoms with Crippen LogP contribution in [0.2, 0.25) is 0 Å². The number of anilines is 1. The highest BCUT2D eigenvalue weighted by molar-refractivity contribution is 9.10. The Morgan fingerprint density at radius 1 is 1.29 bits per heavy atom. The van der Waals surface area contributed by atoms with Gasteiger partial charge in [-0.2, -0.15) is 5.10 Å². The molecule has 0 aliphatic rings. The number of aromatic nitrogens is 2. The van der Waals surface area contributed by atoms with Crippen LogP contribution >= 0.6 is 15.9 Å². The van der Waals surface area contributed by atoms with Gasteiger partial charge in [0.1, 0.15) is 0 Å². The second kappa shape index (κ2) is 7.41. The van der Waals surface area contributed by atoms with E-state index in [9.17, 15) is 4.79 Å². The molecule has 21 heavy (non-hydrogen) atoms. The first-order valence-corrected chi connectivity index (χ1v) is 7.99. The van der Waals surface area contributed by atoms with E-state index in [0.717, 1.165) is 23.0 Å². The maximum atomic E-state index is 12.0. The number of nitrogens with zero attached hydrogens (tertiary/aromatic N) is 2. The molecule has 0 saturated carbocycles. The number of hydrogen-bond acceptors (Lipinski definition) is 2. The Labute approximate surface area is 133 Å². The summed E-state index contributed by atoms with van der Waals surface area (Å²) in [5, 5.41) is 7.22. The number of amides is 1. The highest BCUT2D eigenvalue weighted by Gasteiger charge is 2.14. The summed E-state index contributed by atoms with van der Waals surface area (Å²) in [5.41, 5.74) is 1.92. The number of benzene rings is 1. The van der Waals surface area contributed by atoms with Crippen molar-refractivity contribution >= 4 is 27.5 Å². The Morgan fingerprint density at radius 3 is 2.57 bits per heavy atom. The first kappa shape index (κ1) is 15.8. The number of nitrogens with one attached hydrogen (secondary N) is 1. The van der Waals surface area contributed by atoms with Gasteiger partial charge in [-0.1, -0.05) is 41.9 Å². The topological polar surface area (TPSA) is 46.9 Å². The van der Waals surface area contributed by atoms with Gasteiger partial charge < -0.3 is 5.32 Å². The lowest BCUT2D eigenvalue weighted by Gasteiger charge is -2.11. The van der Waals surface area contributed by atoms with Gasteiger partial charge in [0.2, 0.25) is 5.91 Å². The molecule has 1 amide bonds. The first-order chi connectivity index (χ1) is 10.1. The van der Waals surface area contributed by atoms with E-state index in [-0.39, 0.29) is 11.8 Å². The predicted octanol–water partition coefficient (Wildman–Crippen LogP) is 4.07. The van der Waals surface area contributed by atoms with Gasteiger partial charge in [-0.3, -0.25) is 9.48 Å². The van der Waals surface area contributed by atoms with E-state index in [0.29, 0.717) is 6.54 Å². The van der Waals surface area contributed by atoms with Crippen molar-refractivity contribution in [2.24, 2.45) is 5.92 Å². The average molecular weight is 350 g/mol. The molecule has 0 radical (unpaired) electrons. The van der Waals surface area contributed by atoms with Gasteiger partial charge in [-0.25, -0.2) is 0 Å². The lowest BCUT2D eigenvalue weighted by molar-refractivity contribution is -0.120. The molecule has 1 aromatic carbocycles. The predicted molar refractivity (Wildman–Crippen MR) is 88.2 cm³/mol. The smallest absolute Gasteiger partial charge is 0.227 e. The summed E-state index contributed by atoms with van der Waals surface area (Å²) in [7, 11) is 0. The van der Waals surface area contributed by atoms with E-state index in [4.69, 9.17) is 0 Å². The molecule has 2 rings (SSSR count). The second-order valence-electron chi connectivity index (χ2n) is 5.06. The molecule has 0 aliphatic heterocycles. The van der Waals surface area contributed by atoms with Crippen molar-refractivity contribution in [3.8, 4) is 0 Å². The molecule has 0 bridgehead atoms. The molecule has 112 valence electrons. The van der Waals surface area contributed by atoms with Crippen LogP contribution in [0.3, 0.4) is 0 Å². The third-order valence-corrected chi connectivity index (χ3v) is 4.04. The number of carbonyl (C=O) groups is 1. The lowest BCUT2D eigenvalue weighted by atomic mass is 10.0. The quantitative estimate of drug-likeness (QED) is 0.854. The third-order valence-electron chi connectivity index (χ3n) is 3.52. The Morgan fingerprint density at radius 2 is 1.95 bits per heavy atom. The minimum absolute atomic E-state index is 0.0693. The summed E-state index contributed by atoms with van der Waals surface area (Å²) in [6.45, 7) is 4.75. The van der Waals surface area contributed by atoms with Crippen molar-refractivity contribution in [2.75, 3.05) is 5.32 Å². The summed E-state index contributed by atoms with van der Waals surface area (Å²) >= 11 is 3.42. The van der Waals surface area contributed by atoms with Crippen molar-refractivity contribution in [1.82, 2.24) is 9.78 Å². The van der Waals surface area contributed by atoms with Crippen LogP contribution in [-0.2, 0) is 11.3 Å².